The first-order valence-corrected chi connectivity index (χ1v) is 7.37. The molecule has 0 aliphatic heterocycles. The Bertz CT molecular complexity index is 252. The summed E-state index contributed by atoms with van der Waals surface area (Å²) in [6.45, 7) is 11.1. The molecule has 0 aromatic rings. The highest BCUT2D eigenvalue weighted by Gasteiger charge is 2.28. The molecule has 0 saturated carbocycles. The van der Waals surface area contributed by atoms with E-state index < -0.39 is 5.54 Å². The van der Waals surface area contributed by atoms with Crippen molar-refractivity contribution < 1.29 is 14.3 Å². The number of nitrogens with two attached hydrogens (primary N) is 1. The maximum absolute atomic E-state index is 11.6. The third-order valence-electron chi connectivity index (χ3n) is 3.04. The fourth-order valence-electron chi connectivity index (χ4n) is 2.01. The van der Waals surface area contributed by atoms with Crippen molar-refractivity contribution >= 4 is 5.97 Å². The van der Waals surface area contributed by atoms with Crippen LogP contribution < -0.4 is 5.73 Å². The van der Waals surface area contributed by atoms with Gasteiger partial charge in [-0.15, -0.1) is 0 Å². The Kier molecular flexibility index (Phi) is 9.02. The summed E-state index contributed by atoms with van der Waals surface area (Å²) in [7, 11) is 0. The van der Waals surface area contributed by atoms with Gasteiger partial charge in [0.15, 0.2) is 0 Å². The minimum absolute atomic E-state index is 0.300. The molecule has 114 valence electrons. The molecular formula is C15H31NO3. The van der Waals surface area contributed by atoms with Gasteiger partial charge in [0.1, 0.15) is 5.54 Å². The molecule has 0 aliphatic rings. The Morgan fingerprint density at radius 1 is 1.26 bits per heavy atom. The number of hydrogen-bond donors (Lipinski definition) is 1. The second kappa shape index (κ2) is 9.32. The molecular weight excluding hydrogens is 242 g/mol. The maximum atomic E-state index is 11.6. The SMILES string of the molecule is CCOC(=O)C(C)(N)CCCCOC(C)CC(C)C. The van der Waals surface area contributed by atoms with E-state index in [1.54, 1.807) is 13.8 Å². The lowest BCUT2D eigenvalue weighted by Gasteiger charge is -2.22. The zero-order valence-electron chi connectivity index (χ0n) is 13.2. The van der Waals surface area contributed by atoms with Crippen molar-refractivity contribution in [3.63, 3.8) is 0 Å². The van der Waals surface area contributed by atoms with Crippen molar-refractivity contribution in [3.05, 3.63) is 0 Å². The topological polar surface area (TPSA) is 61.5 Å². The second-order valence-corrected chi connectivity index (χ2v) is 5.91. The monoisotopic (exact) mass is 273 g/mol. The van der Waals surface area contributed by atoms with Crippen molar-refractivity contribution in [1.29, 1.82) is 0 Å². The zero-order valence-corrected chi connectivity index (χ0v) is 13.2. The molecule has 0 amide bonds. The van der Waals surface area contributed by atoms with Gasteiger partial charge in [-0.25, -0.2) is 0 Å². The number of esters is 1. The Labute approximate surface area is 118 Å². The second-order valence-electron chi connectivity index (χ2n) is 5.91. The van der Waals surface area contributed by atoms with Gasteiger partial charge < -0.3 is 15.2 Å². The van der Waals surface area contributed by atoms with E-state index in [-0.39, 0.29) is 5.97 Å². The highest BCUT2D eigenvalue weighted by molar-refractivity contribution is 5.79. The lowest BCUT2D eigenvalue weighted by atomic mass is 9.96. The summed E-state index contributed by atoms with van der Waals surface area (Å²) < 4.78 is 10.7. The largest absolute Gasteiger partial charge is 0.465 e. The summed E-state index contributed by atoms with van der Waals surface area (Å²) in [5.41, 5.74) is 5.06. The average Bonchev–Trinajstić information content (AvgIpc) is 2.27. The standard InChI is InChI=1S/C15H31NO3/c1-6-18-14(17)15(5,16)9-7-8-10-19-13(4)11-12(2)3/h12-13H,6-11,16H2,1-5H3. The third-order valence-corrected chi connectivity index (χ3v) is 3.04. The van der Waals surface area contributed by atoms with Crippen LogP contribution in [0.5, 0.6) is 0 Å². The number of carbonyl (C=O) groups is 1. The van der Waals surface area contributed by atoms with Gasteiger partial charge in [-0.3, -0.25) is 4.79 Å². The summed E-state index contributed by atoms with van der Waals surface area (Å²) in [6.07, 6.45) is 3.81. The van der Waals surface area contributed by atoms with E-state index >= 15 is 0 Å². The Balaban J connectivity index is 3.71. The van der Waals surface area contributed by atoms with Crippen LogP contribution in [0.15, 0.2) is 0 Å². The van der Waals surface area contributed by atoms with Crippen molar-refractivity contribution in [2.45, 2.75) is 71.9 Å². The van der Waals surface area contributed by atoms with E-state index in [2.05, 4.69) is 20.8 Å². The third kappa shape index (κ3) is 9.00. The van der Waals surface area contributed by atoms with Crippen LogP contribution in [0.2, 0.25) is 0 Å². The van der Waals surface area contributed by atoms with Crippen LogP contribution in [-0.2, 0) is 14.3 Å². The molecule has 0 saturated heterocycles. The molecule has 0 fully saturated rings. The summed E-state index contributed by atoms with van der Waals surface area (Å²) in [6, 6.07) is 0. The minimum Gasteiger partial charge on any atom is -0.465 e. The predicted molar refractivity (Wildman–Crippen MR) is 77.9 cm³/mol. The molecule has 0 spiro atoms. The van der Waals surface area contributed by atoms with E-state index in [1.807, 2.05) is 0 Å². The molecule has 4 heteroatoms. The molecule has 4 nitrogen and oxygen atoms in total. The van der Waals surface area contributed by atoms with E-state index in [4.69, 9.17) is 15.2 Å². The van der Waals surface area contributed by atoms with E-state index in [1.165, 1.54) is 0 Å². The minimum atomic E-state index is -0.875. The number of hydrogen-bond acceptors (Lipinski definition) is 4. The molecule has 0 bridgehead atoms. The molecule has 19 heavy (non-hydrogen) atoms. The molecule has 0 rings (SSSR count). The van der Waals surface area contributed by atoms with Gasteiger partial charge in [0, 0.05) is 6.61 Å². The molecule has 0 heterocycles. The Hall–Kier alpha value is -0.610. The van der Waals surface area contributed by atoms with Crippen LogP contribution >= 0.6 is 0 Å². The van der Waals surface area contributed by atoms with Crippen LogP contribution in [0.3, 0.4) is 0 Å². The Morgan fingerprint density at radius 3 is 2.42 bits per heavy atom. The molecule has 2 unspecified atom stereocenters. The van der Waals surface area contributed by atoms with Gasteiger partial charge in [-0.05, 0) is 52.4 Å². The fraction of sp³-hybridized carbons (Fsp3) is 0.933. The lowest BCUT2D eigenvalue weighted by Crippen LogP contribution is -2.46. The van der Waals surface area contributed by atoms with Crippen LogP contribution in [0.4, 0.5) is 0 Å². The fourth-order valence-corrected chi connectivity index (χ4v) is 2.01. The normalized spacial score (nSPS) is 16.2. The predicted octanol–water partition coefficient (Wildman–Crippen LogP) is 2.89. The van der Waals surface area contributed by atoms with Gasteiger partial charge in [0.25, 0.3) is 0 Å². The molecule has 0 aromatic heterocycles. The van der Waals surface area contributed by atoms with Gasteiger partial charge in [-0.2, -0.15) is 0 Å². The van der Waals surface area contributed by atoms with E-state index in [0.29, 0.717) is 25.0 Å². The van der Waals surface area contributed by atoms with Gasteiger partial charge in [0.05, 0.1) is 12.7 Å². The number of ether oxygens (including phenoxy) is 2. The van der Waals surface area contributed by atoms with Crippen LogP contribution in [-0.4, -0.2) is 30.8 Å². The molecule has 0 radical (unpaired) electrons. The first-order valence-electron chi connectivity index (χ1n) is 7.37. The highest BCUT2D eigenvalue weighted by Crippen LogP contribution is 2.14. The van der Waals surface area contributed by atoms with Gasteiger partial charge in [0.2, 0.25) is 0 Å². The molecule has 0 aromatic carbocycles. The number of rotatable bonds is 10. The van der Waals surface area contributed by atoms with Crippen LogP contribution in [0, 0.1) is 5.92 Å². The first-order chi connectivity index (χ1) is 8.79. The van der Waals surface area contributed by atoms with Crippen molar-refractivity contribution in [2.75, 3.05) is 13.2 Å². The van der Waals surface area contributed by atoms with Crippen LogP contribution in [0.25, 0.3) is 0 Å². The summed E-state index contributed by atoms with van der Waals surface area (Å²) in [5.74, 6) is 0.343. The zero-order chi connectivity index (χ0) is 14.9. The van der Waals surface area contributed by atoms with Gasteiger partial charge >= 0.3 is 5.97 Å². The van der Waals surface area contributed by atoms with E-state index in [0.717, 1.165) is 25.9 Å². The van der Waals surface area contributed by atoms with Crippen molar-refractivity contribution in [3.8, 4) is 0 Å². The summed E-state index contributed by atoms with van der Waals surface area (Å²) in [5, 5.41) is 0. The highest BCUT2D eigenvalue weighted by atomic mass is 16.5. The quantitative estimate of drug-likeness (QED) is 0.491. The maximum Gasteiger partial charge on any atom is 0.325 e. The average molecular weight is 273 g/mol. The van der Waals surface area contributed by atoms with Crippen molar-refractivity contribution in [1.82, 2.24) is 0 Å². The molecule has 2 atom stereocenters. The number of unbranched alkanes of at least 4 members (excludes halogenated alkanes) is 1. The lowest BCUT2D eigenvalue weighted by molar-refractivity contribution is -0.149. The molecule has 0 aliphatic carbocycles. The van der Waals surface area contributed by atoms with Crippen LogP contribution in [0.1, 0.15) is 60.3 Å². The van der Waals surface area contributed by atoms with Crippen molar-refractivity contribution in [2.24, 2.45) is 11.7 Å². The van der Waals surface area contributed by atoms with E-state index in [9.17, 15) is 4.79 Å². The summed E-state index contributed by atoms with van der Waals surface area (Å²) in [4.78, 5) is 11.6. The van der Waals surface area contributed by atoms with Gasteiger partial charge in [-0.1, -0.05) is 13.8 Å². The molecule has 2 N–H and O–H groups in total. The Morgan fingerprint density at radius 2 is 1.89 bits per heavy atom. The summed E-state index contributed by atoms with van der Waals surface area (Å²) >= 11 is 0. The number of carbonyl (C=O) groups excluding carboxylic acids is 1. The first kappa shape index (κ1) is 18.4. The smallest absolute Gasteiger partial charge is 0.325 e.